The van der Waals surface area contributed by atoms with Gasteiger partial charge >= 0.3 is 0 Å². The fraction of sp³-hybridized carbons (Fsp3) is 0.944. The lowest BCUT2D eigenvalue weighted by Gasteiger charge is -2.23. The van der Waals surface area contributed by atoms with Gasteiger partial charge in [0, 0.05) is 13.1 Å². The summed E-state index contributed by atoms with van der Waals surface area (Å²) in [5.41, 5.74) is 0. The van der Waals surface area contributed by atoms with Crippen LogP contribution in [0.5, 0.6) is 0 Å². The minimum absolute atomic E-state index is 0.309. The predicted molar refractivity (Wildman–Crippen MR) is 90.5 cm³/mol. The largest absolute Gasteiger partial charge is 0.342 e. The van der Waals surface area contributed by atoms with E-state index in [2.05, 4.69) is 24.1 Å². The Kier molecular flexibility index (Phi) is 10.6. The van der Waals surface area contributed by atoms with Crippen LogP contribution in [-0.2, 0) is 4.79 Å². The topological polar surface area (TPSA) is 32.3 Å². The van der Waals surface area contributed by atoms with Crippen molar-refractivity contribution >= 4 is 5.91 Å². The zero-order valence-corrected chi connectivity index (χ0v) is 14.3. The highest BCUT2D eigenvalue weighted by Gasteiger charge is 2.21. The molecular formula is C18H36N2O. The molecular weight excluding hydrogens is 260 g/mol. The van der Waals surface area contributed by atoms with E-state index in [-0.39, 0.29) is 0 Å². The summed E-state index contributed by atoms with van der Waals surface area (Å²) >= 11 is 0. The molecule has 0 saturated heterocycles. The average Bonchev–Trinajstić information content (AvgIpc) is 3.29. The molecule has 1 fully saturated rings. The van der Waals surface area contributed by atoms with Crippen LogP contribution >= 0.6 is 0 Å². The van der Waals surface area contributed by atoms with Crippen molar-refractivity contribution in [2.45, 2.75) is 78.1 Å². The first-order chi connectivity index (χ1) is 10.3. The number of nitrogens with zero attached hydrogens (tertiary/aromatic N) is 1. The van der Waals surface area contributed by atoms with E-state index in [0.717, 1.165) is 38.4 Å². The highest BCUT2D eigenvalue weighted by atomic mass is 16.2. The summed E-state index contributed by atoms with van der Waals surface area (Å²) < 4.78 is 0. The summed E-state index contributed by atoms with van der Waals surface area (Å²) in [6.45, 7) is 7.94. The third kappa shape index (κ3) is 9.89. The van der Waals surface area contributed by atoms with Crippen molar-refractivity contribution in [3.05, 3.63) is 0 Å². The Morgan fingerprint density at radius 3 is 2.00 bits per heavy atom. The van der Waals surface area contributed by atoms with Crippen LogP contribution in [0.1, 0.15) is 78.1 Å². The lowest BCUT2D eigenvalue weighted by Crippen LogP contribution is -2.39. The van der Waals surface area contributed by atoms with Gasteiger partial charge in [0.15, 0.2) is 0 Å². The third-order valence-corrected chi connectivity index (χ3v) is 4.32. The van der Waals surface area contributed by atoms with Gasteiger partial charge in [-0.3, -0.25) is 4.79 Å². The van der Waals surface area contributed by atoms with E-state index in [1.807, 2.05) is 0 Å². The number of unbranched alkanes of at least 4 members (excludes halogenated alkanes) is 6. The molecule has 1 N–H and O–H groups in total. The Balaban J connectivity index is 2.20. The van der Waals surface area contributed by atoms with Gasteiger partial charge < -0.3 is 10.2 Å². The van der Waals surface area contributed by atoms with Crippen molar-refractivity contribution < 1.29 is 4.79 Å². The summed E-state index contributed by atoms with van der Waals surface area (Å²) in [5, 5.41) is 3.34. The number of rotatable bonds is 14. The standard InChI is InChI=1S/C18H36N2O/c1-3-5-7-9-13-20(14-10-8-6-4-2)18(21)16-19-15-17-11-12-17/h17,19H,3-16H2,1-2H3. The van der Waals surface area contributed by atoms with Gasteiger partial charge in [-0.15, -0.1) is 0 Å². The summed E-state index contributed by atoms with van der Waals surface area (Å²) in [5.74, 6) is 1.16. The van der Waals surface area contributed by atoms with Gasteiger partial charge in [-0.25, -0.2) is 0 Å². The van der Waals surface area contributed by atoms with E-state index in [0.29, 0.717) is 12.5 Å². The molecule has 1 amide bonds. The second-order valence-corrected chi connectivity index (χ2v) is 6.58. The maximum absolute atomic E-state index is 12.3. The average molecular weight is 296 g/mol. The minimum Gasteiger partial charge on any atom is -0.342 e. The van der Waals surface area contributed by atoms with E-state index < -0.39 is 0 Å². The number of nitrogens with one attached hydrogen (secondary N) is 1. The molecule has 0 unspecified atom stereocenters. The van der Waals surface area contributed by atoms with E-state index in [9.17, 15) is 4.79 Å². The van der Waals surface area contributed by atoms with Gasteiger partial charge in [-0.2, -0.15) is 0 Å². The third-order valence-electron chi connectivity index (χ3n) is 4.32. The van der Waals surface area contributed by atoms with Crippen LogP contribution in [0.2, 0.25) is 0 Å². The van der Waals surface area contributed by atoms with Gasteiger partial charge in [-0.05, 0) is 38.1 Å². The highest BCUT2D eigenvalue weighted by molar-refractivity contribution is 5.78. The predicted octanol–water partition coefficient (Wildman–Crippen LogP) is 3.98. The normalized spacial score (nSPS) is 14.4. The van der Waals surface area contributed by atoms with Crippen LogP contribution in [0.25, 0.3) is 0 Å². The van der Waals surface area contributed by atoms with Crippen molar-refractivity contribution in [2.24, 2.45) is 5.92 Å². The second kappa shape index (κ2) is 12.0. The maximum Gasteiger partial charge on any atom is 0.236 e. The molecule has 3 nitrogen and oxygen atoms in total. The highest BCUT2D eigenvalue weighted by Crippen LogP contribution is 2.27. The van der Waals surface area contributed by atoms with Crippen LogP contribution < -0.4 is 5.32 Å². The second-order valence-electron chi connectivity index (χ2n) is 6.58. The van der Waals surface area contributed by atoms with Crippen LogP contribution in [0, 0.1) is 5.92 Å². The first kappa shape index (κ1) is 18.5. The Morgan fingerprint density at radius 1 is 0.952 bits per heavy atom. The Bertz CT molecular complexity index is 252. The SMILES string of the molecule is CCCCCCN(CCCCCC)C(=O)CNCC1CC1. The molecule has 124 valence electrons. The molecule has 0 aliphatic heterocycles. The number of hydrogen-bond donors (Lipinski definition) is 1. The number of carbonyl (C=O) groups is 1. The molecule has 0 radical (unpaired) electrons. The first-order valence-electron chi connectivity index (χ1n) is 9.26. The molecule has 0 heterocycles. The summed E-state index contributed by atoms with van der Waals surface area (Å²) in [6, 6.07) is 0. The molecule has 0 bridgehead atoms. The molecule has 0 atom stereocenters. The molecule has 1 aliphatic carbocycles. The van der Waals surface area contributed by atoms with Gasteiger partial charge in [0.25, 0.3) is 0 Å². The molecule has 0 aromatic carbocycles. The Labute approximate surface area is 131 Å². The van der Waals surface area contributed by atoms with Crippen molar-refractivity contribution in [2.75, 3.05) is 26.2 Å². The fourth-order valence-electron chi connectivity index (χ4n) is 2.64. The lowest BCUT2D eigenvalue weighted by atomic mass is 10.1. The molecule has 1 aliphatic rings. The molecule has 1 saturated carbocycles. The van der Waals surface area contributed by atoms with E-state index in [1.54, 1.807) is 0 Å². The van der Waals surface area contributed by atoms with Crippen molar-refractivity contribution in [1.82, 2.24) is 10.2 Å². The zero-order chi connectivity index (χ0) is 15.3. The summed E-state index contributed by atoms with van der Waals surface area (Å²) in [7, 11) is 0. The molecule has 0 spiro atoms. The number of hydrogen-bond acceptors (Lipinski definition) is 2. The van der Waals surface area contributed by atoms with Crippen molar-refractivity contribution in [3.63, 3.8) is 0 Å². The van der Waals surface area contributed by atoms with E-state index in [1.165, 1.54) is 51.4 Å². The molecule has 21 heavy (non-hydrogen) atoms. The van der Waals surface area contributed by atoms with Crippen LogP contribution in [0.3, 0.4) is 0 Å². The van der Waals surface area contributed by atoms with Gasteiger partial charge in [0.05, 0.1) is 6.54 Å². The lowest BCUT2D eigenvalue weighted by molar-refractivity contribution is -0.130. The maximum atomic E-state index is 12.3. The summed E-state index contributed by atoms with van der Waals surface area (Å²) in [6.07, 6.45) is 12.6. The molecule has 1 rings (SSSR count). The van der Waals surface area contributed by atoms with Gasteiger partial charge in [0.2, 0.25) is 5.91 Å². The van der Waals surface area contributed by atoms with E-state index in [4.69, 9.17) is 0 Å². The van der Waals surface area contributed by atoms with Crippen LogP contribution in [0.4, 0.5) is 0 Å². The monoisotopic (exact) mass is 296 g/mol. The quantitative estimate of drug-likeness (QED) is 0.492. The molecule has 0 aromatic rings. The number of carbonyl (C=O) groups excluding carboxylic acids is 1. The van der Waals surface area contributed by atoms with Crippen LogP contribution in [-0.4, -0.2) is 37.0 Å². The van der Waals surface area contributed by atoms with Crippen LogP contribution in [0.15, 0.2) is 0 Å². The fourth-order valence-corrected chi connectivity index (χ4v) is 2.64. The van der Waals surface area contributed by atoms with Gasteiger partial charge in [0.1, 0.15) is 0 Å². The Hall–Kier alpha value is -0.570. The first-order valence-corrected chi connectivity index (χ1v) is 9.26. The molecule has 3 heteroatoms. The number of amides is 1. The smallest absolute Gasteiger partial charge is 0.236 e. The van der Waals surface area contributed by atoms with Crippen molar-refractivity contribution in [1.29, 1.82) is 0 Å². The minimum atomic E-state index is 0.309. The zero-order valence-electron chi connectivity index (χ0n) is 14.3. The molecule has 0 aromatic heterocycles. The van der Waals surface area contributed by atoms with Gasteiger partial charge in [-0.1, -0.05) is 52.4 Å². The Morgan fingerprint density at radius 2 is 1.52 bits per heavy atom. The van der Waals surface area contributed by atoms with E-state index >= 15 is 0 Å². The van der Waals surface area contributed by atoms with Crippen molar-refractivity contribution in [3.8, 4) is 0 Å². The summed E-state index contributed by atoms with van der Waals surface area (Å²) in [4.78, 5) is 14.4.